The van der Waals surface area contributed by atoms with E-state index < -0.39 is 12.0 Å². The number of rotatable bonds is 3. The van der Waals surface area contributed by atoms with Gasteiger partial charge in [0.25, 0.3) is 0 Å². The van der Waals surface area contributed by atoms with Crippen molar-refractivity contribution >= 4 is 17.7 Å². The van der Waals surface area contributed by atoms with E-state index in [1.807, 2.05) is 6.07 Å². The number of urea groups is 1. The van der Waals surface area contributed by atoms with Crippen molar-refractivity contribution in [3.05, 3.63) is 30.3 Å². The van der Waals surface area contributed by atoms with E-state index >= 15 is 0 Å². The highest BCUT2D eigenvalue weighted by molar-refractivity contribution is 5.92. The van der Waals surface area contributed by atoms with Crippen LogP contribution in [0.3, 0.4) is 0 Å². The molecule has 0 unspecified atom stereocenters. The zero-order chi connectivity index (χ0) is 11.3. The average Bonchev–Trinajstić information content (AvgIpc) is 2.26. The summed E-state index contributed by atoms with van der Waals surface area (Å²) in [5.41, 5.74) is 0.709. The van der Waals surface area contributed by atoms with Gasteiger partial charge in [0.1, 0.15) is 6.54 Å². The van der Waals surface area contributed by atoms with Gasteiger partial charge in [0.2, 0.25) is 0 Å². The number of carboxylic acids is 1. The first-order chi connectivity index (χ1) is 7.11. The Kier molecular flexibility index (Phi) is 3.68. The molecule has 1 rings (SSSR count). The van der Waals surface area contributed by atoms with Gasteiger partial charge in [-0.05, 0) is 12.1 Å². The van der Waals surface area contributed by atoms with Crippen molar-refractivity contribution in [2.24, 2.45) is 0 Å². The number of hydrogen-bond acceptors (Lipinski definition) is 2. The number of para-hydroxylation sites is 1. The Balaban J connectivity index is 2.57. The van der Waals surface area contributed by atoms with Gasteiger partial charge in [-0.15, -0.1) is 0 Å². The van der Waals surface area contributed by atoms with Gasteiger partial charge in [-0.1, -0.05) is 18.2 Å². The number of amides is 2. The van der Waals surface area contributed by atoms with Crippen molar-refractivity contribution in [1.82, 2.24) is 5.32 Å². The van der Waals surface area contributed by atoms with Gasteiger partial charge in [0, 0.05) is 12.7 Å². The fourth-order valence-corrected chi connectivity index (χ4v) is 1.04. The smallest absolute Gasteiger partial charge is 0.323 e. The lowest BCUT2D eigenvalue weighted by molar-refractivity contribution is -0.135. The maximum absolute atomic E-state index is 11.4. The summed E-state index contributed by atoms with van der Waals surface area (Å²) < 4.78 is 0. The topological polar surface area (TPSA) is 69.6 Å². The van der Waals surface area contributed by atoms with E-state index in [0.717, 1.165) is 0 Å². The summed E-state index contributed by atoms with van der Waals surface area (Å²) in [6, 6.07) is 8.53. The fraction of sp³-hybridized carbons (Fsp3) is 0.200. The van der Waals surface area contributed by atoms with Crippen molar-refractivity contribution in [1.29, 1.82) is 0 Å². The van der Waals surface area contributed by atoms with Crippen molar-refractivity contribution in [2.75, 3.05) is 18.5 Å². The maximum atomic E-state index is 11.4. The minimum absolute atomic E-state index is 0.379. The van der Waals surface area contributed by atoms with Crippen molar-refractivity contribution in [2.45, 2.75) is 0 Å². The van der Waals surface area contributed by atoms with E-state index in [1.54, 1.807) is 31.3 Å². The molecule has 15 heavy (non-hydrogen) atoms. The zero-order valence-electron chi connectivity index (χ0n) is 8.30. The van der Waals surface area contributed by atoms with Crippen LogP contribution in [0.1, 0.15) is 0 Å². The Labute approximate surface area is 87.3 Å². The number of aliphatic carboxylic acids is 1. The molecular weight excluding hydrogens is 196 g/mol. The number of carboxylic acid groups (broad SMARTS) is 1. The molecule has 0 fully saturated rings. The average molecular weight is 208 g/mol. The minimum Gasteiger partial charge on any atom is -0.480 e. The molecule has 0 aliphatic rings. The summed E-state index contributed by atoms with van der Waals surface area (Å²) in [7, 11) is 1.58. The highest BCUT2D eigenvalue weighted by Crippen LogP contribution is 2.10. The molecular formula is C10H12N2O3. The third kappa shape index (κ3) is 3.30. The van der Waals surface area contributed by atoms with Gasteiger partial charge >= 0.3 is 12.0 Å². The number of hydrogen-bond donors (Lipinski definition) is 2. The van der Waals surface area contributed by atoms with Crippen LogP contribution in [0, 0.1) is 0 Å². The first-order valence-electron chi connectivity index (χ1n) is 4.39. The number of nitrogens with one attached hydrogen (secondary N) is 1. The summed E-state index contributed by atoms with van der Waals surface area (Å²) in [6.07, 6.45) is 0. The quantitative estimate of drug-likeness (QED) is 0.775. The Bertz CT molecular complexity index is 351. The van der Waals surface area contributed by atoms with Crippen molar-refractivity contribution in [3.63, 3.8) is 0 Å². The van der Waals surface area contributed by atoms with Crippen LogP contribution in [-0.4, -0.2) is 30.7 Å². The molecule has 5 nitrogen and oxygen atoms in total. The fourth-order valence-electron chi connectivity index (χ4n) is 1.04. The zero-order valence-corrected chi connectivity index (χ0v) is 8.30. The van der Waals surface area contributed by atoms with E-state index in [1.165, 1.54) is 4.90 Å². The van der Waals surface area contributed by atoms with E-state index in [-0.39, 0.29) is 6.54 Å². The molecule has 5 heteroatoms. The Morgan fingerprint density at radius 3 is 2.47 bits per heavy atom. The largest absolute Gasteiger partial charge is 0.480 e. The van der Waals surface area contributed by atoms with Gasteiger partial charge in [-0.25, -0.2) is 4.79 Å². The second-order valence-electron chi connectivity index (χ2n) is 2.95. The molecule has 80 valence electrons. The Morgan fingerprint density at radius 2 is 1.93 bits per heavy atom. The summed E-state index contributed by atoms with van der Waals surface area (Å²) in [5, 5.41) is 10.6. The predicted octanol–water partition coefficient (Wildman–Crippen LogP) is 0.917. The molecule has 1 aromatic carbocycles. The lowest BCUT2D eigenvalue weighted by atomic mass is 10.3. The van der Waals surface area contributed by atoms with Crippen LogP contribution in [0.5, 0.6) is 0 Å². The van der Waals surface area contributed by atoms with E-state index in [0.29, 0.717) is 5.69 Å². The number of carbonyl (C=O) groups is 2. The molecule has 0 atom stereocenters. The molecule has 0 spiro atoms. The molecule has 0 radical (unpaired) electrons. The standard InChI is InChI=1S/C10H12N2O3/c1-12(8-5-3-2-4-6-8)10(15)11-7-9(13)14/h2-6H,7H2,1H3,(H,11,15)(H,13,14). The molecule has 0 aliphatic heterocycles. The molecule has 2 N–H and O–H groups in total. The number of carbonyl (C=O) groups excluding carboxylic acids is 1. The van der Waals surface area contributed by atoms with Gasteiger partial charge in [-0.3, -0.25) is 9.69 Å². The summed E-state index contributed by atoms with van der Waals surface area (Å²) in [5.74, 6) is -1.06. The second-order valence-corrected chi connectivity index (χ2v) is 2.95. The number of nitrogens with zero attached hydrogens (tertiary/aromatic N) is 1. The normalized spacial score (nSPS) is 9.40. The third-order valence-corrected chi connectivity index (χ3v) is 1.84. The van der Waals surface area contributed by atoms with Gasteiger partial charge in [0.05, 0.1) is 0 Å². The number of anilines is 1. The summed E-state index contributed by atoms with van der Waals surface area (Å²) >= 11 is 0. The maximum Gasteiger partial charge on any atom is 0.323 e. The van der Waals surface area contributed by atoms with Gasteiger partial charge in [0.15, 0.2) is 0 Å². The monoisotopic (exact) mass is 208 g/mol. The molecule has 1 aromatic rings. The predicted molar refractivity (Wildman–Crippen MR) is 55.9 cm³/mol. The first-order valence-corrected chi connectivity index (χ1v) is 4.39. The Hall–Kier alpha value is -2.04. The van der Waals surface area contributed by atoms with Crippen LogP contribution in [0.2, 0.25) is 0 Å². The lowest BCUT2D eigenvalue weighted by Gasteiger charge is -2.16. The highest BCUT2D eigenvalue weighted by atomic mass is 16.4. The van der Waals surface area contributed by atoms with E-state index in [9.17, 15) is 9.59 Å². The van der Waals surface area contributed by atoms with Crippen LogP contribution in [0.15, 0.2) is 30.3 Å². The molecule has 0 saturated heterocycles. The van der Waals surface area contributed by atoms with Crippen LogP contribution in [0.25, 0.3) is 0 Å². The van der Waals surface area contributed by atoms with Crippen LogP contribution >= 0.6 is 0 Å². The lowest BCUT2D eigenvalue weighted by Crippen LogP contribution is -2.39. The third-order valence-electron chi connectivity index (χ3n) is 1.84. The van der Waals surface area contributed by atoms with E-state index in [2.05, 4.69) is 5.32 Å². The van der Waals surface area contributed by atoms with Crippen LogP contribution in [-0.2, 0) is 4.79 Å². The summed E-state index contributed by atoms with van der Waals surface area (Å²) in [4.78, 5) is 23.0. The molecule has 0 saturated carbocycles. The van der Waals surface area contributed by atoms with Gasteiger partial charge in [-0.2, -0.15) is 0 Å². The van der Waals surface area contributed by atoms with Crippen molar-refractivity contribution < 1.29 is 14.7 Å². The molecule has 2 amide bonds. The molecule has 0 heterocycles. The molecule has 0 aliphatic carbocycles. The summed E-state index contributed by atoms with van der Waals surface area (Å²) in [6.45, 7) is -0.379. The Morgan fingerprint density at radius 1 is 1.33 bits per heavy atom. The highest BCUT2D eigenvalue weighted by Gasteiger charge is 2.10. The first kappa shape index (κ1) is 11.0. The minimum atomic E-state index is -1.06. The number of benzene rings is 1. The van der Waals surface area contributed by atoms with Crippen LogP contribution < -0.4 is 10.2 Å². The second kappa shape index (κ2) is 4.99. The van der Waals surface area contributed by atoms with Crippen molar-refractivity contribution in [3.8, 4) is 0 Å². The molecule has 0 aromatic heterocycles. The van der Waals surface area contributed by atoms with Crippen LogP contribution in [0.4, 0.5) is 10.5 Å². The van der Waals surface area contributed by atoms with E-state index in [4.69, 9.17) is 5.11 Å². The van der Waals surface area contributed by atoms with Gasteiger partial charge < -0.3 is 10.4 Å². The molecule has 0 bridgehead atoms. The SMILES string of the molecule is CN(C(=O)NCC(=O)O)c1ccccc1.